The van der Waals surface area contributed by atoms with Gasteiger partial charge in [-0.3, -0.25) is 4.98 Å². The fourth-order valence-corrected chi connectivity index (χ4v) is 3.87. The zero-order valence-electron chi connectivity index (χ0n) is 10.5. The van der Waals surface area contributed by atoms with Crippen molar-refractivity contribution in [2.75, 3.05) is 5.75 Å². The summed E-state index contributed by atoms with van der Waals surface area (Å²) in [6.45, 7) is 4.32. The molecule has 2 heterocycles. The molecule has 3 unspecified atom stereocenters. The Hall–Kier alpha value is -0.110. The molecule has 0 aliphatic carbocycles. The molecule has 0 bridgehead atoms. The maximum Gasteiger partial charge on any atom is 0.0670 e. The highest BCUT2D eigenvalue weighted by molar-refractivity contribution is 7.98. The van der Waals surface area contributed by atoms with Gasteiger partial charge >= 0.3 is 0 Å². The molecule has 1 aliphatic heterocycles. The van der Waals surface area contributed by atoms with Crippen LogP contribution < -0.4 is 5.44 Å². The number of rotatable bonds is 4. The Kier molecular flexibility index (Phi) is 4.84. The lowest BCUT2D eigenvalue weighted by atomic mass is 10.2. The summed E-state index contributed by atoms with van der Waals surface area (Å²) in [6, 6.07) is 2.08. The van der Waals surface area contributed by atoms with E-state index in [1.807, 2.05) is 18.0 Å². The van der Waals surface area contributed by atoms with Crippen LogP contribution in [-0.4, -0.2) is 22.9 Å². The molecule has 0 aromatic carbocycles. The predicted molar refractivity (Wildman–Crippen MR) is 78.0 cm³/mol. The molecule has 1 fully saturated rings. The number of nitrogens with zero attached hydrogens (tertiary/aromatic N) is 1. The molecule has 1 saturated heterocycles. The number of aryl methyl sites for hydroxylation is 1. The third-order valence-corrected chi connectivity index (χ3v) is 4.79. The number of aromatic nitrogens is 1. The number of thioether (sulfide) groups is 1. The van der Waals surface area contributed by atoms with Crippen molar-refractivity contribution >= 4 is 26.4 Å². The van der Waals surface area contributed by atoms with E-state index in [4.69, 9.17) is 4.74 Å². The summed E-state index contributed by atoms with van der Waals surface area (Å²) in [5.74, 6) is 2.13. The van der Waals surface area contributed by atoms with Gasteiger partial charge in [-0.2, -0.15) is 11.8 Å². The molecule has 0 amide bonds. The Morgan fingerprint density at radius 3 is 3.00 bits per heavy atom. The van der Waals surface area contributed by atoms with Crippen molar-refractivity contribution in [3.05, 3.63) is 23.4 Å². The summed E-state index contributed by atoms with van der Waals surface area (Å²) in [5.41, 5.74) is 3.77. The third-order valence-electron chi connectivity index (χ3n) is 3.19. The number of pyridine rings is 1. The maximum absolute atomic E-state index is 5.82. The quantitative estimate of drug-likeness (QED) is 0.785. The Labute approximate surface area is 110 Å². The van der Waals surface area contributed by atoms with Gasteiger partial charge in [0, 0.05) is 17.7 Å². The first kappa shape index (κ1) is 13.3. The van der Waals surface area contributed by atoms with E-state index in [0.29, 0.717) is 12.2 Å². The van der Waals surface area contributed by atoms with Gasteiger partial charge in [0.2, 0.25) is 0 Å². The van der Waals surface area contributed by atoms with Crippen molar-refractivity contribution in [3.8, 4) is 0 Å². The number of hydrogen-bond donors (Lipinski definition) is 0. The summed E-state index contributed by atoms with van der Waals surface area (Å²) in [5, 5.41) is 0. The number of hydrogen-bond acceptors (Lipinski definition) is 3. The van der Waals surface area contributed by atoms with Crippen molar-refractivity contribution in [1.82, 2.24) is 4.98 Å². The normalized spacial score (nSPS) is 24.2. The molecule has 0 saturated carbocycles. The summed E-state index contributed by atoms with van der Waals surface area (Å²) in [7, 11) is 2.73. The zero-order valence-corrected chi connectivity index (χ0v) is 12.5. The molecule has 3 atom stereocenters. The maximum atomic E-state index is 5.82. The first-order valence-electron chi connectivity index (χ1n) is 6.10. The molecule has 4 heteroatoms. The molecule has 17 heavy (non-hydrogen) atoms. The lowest BCUT2D eigenvalue weighted by molar-refractivity contribution is 0.0700. The summed E-state index contributed by atoms with van der Waals surface area (Å²) >= 11 is 1.96. The van der Waals surface area contributed by atoms with Crippen LogP contribution in [0.1, 0.15) is 30.9 Å². The molecule has 0 spiro atoms. The molecular formula is C13H20NOPS. The van der Waals surface area contributed by atoms with E-state index in [2.05, 4.69) is 34.1 Å². The summed E-state index contributed by atoms with van der Waals surface area (Å²) < 4.78 is 5.82. The van der Waals surface area contributed by atoms with Crippen LogP contribution in [0.5, 0.6) is 0 Å². The van der Waals surface area contributed by atoms with E-state index < -0.39 is 0 Å². The summed E-state index contributed by atoms with van der Waals surface area (Å²) in [6.07, 6.45) is 5.21. The van der Waals surface area contributed by atoms with Gasteiger partial charge in [-0.15, -0.1) is 0 Å². The van der Waals surface area contributed by atoms with Crippen LogP contribution in [0.3, 0.4) is 0 Å². The van der Waals surface area contributed by atoms with Gasteiger partial charge in [-0.25, -0.2) is 0 Å². The van der Waals surface area contributed by atoms with Crippen molar-refractivity contribution < 1.29 is 4.74 Å². The van der Waals surface area contributed by atoms with Gasteiger partial charge < -0.3 is 4.74 Å². The molecular weight excluding hydrogens is 249 g/mol. The molecule has 1 aromatic heterocycles. The van der Waals surface area contributed by atoms with Crippen molar-refractivity contribution in [1.29, 1.82) is 0 Å². The fraction of sp³-hybridized carbons (Fsp3) is 0.615. The minimum absolute atomic E-state index is 0.456. The van der Waals surface area contributed by atoms with Gasteiger partial charge in [-0.1, -0.05) is 9.24 Å². The topological polar surface area (TPSA) is 22.1 Å². The fourth-order valence-electron chi connectivity index (χ4n) is 2.10. The minimum Gasteiger partial charge on any atom is -0.374 e. The monoisotopic (exact) mass is 269 g/mol. The smallest absolute Gasteiger partial charge is 0.0670 e. The Morgan fingerprint density at radius 1 is 1.53 bits per heavy atom. The molecule has 2 rings (SSSR count). The van der Waals surface area contributed by atoms with E-state index in [-0.39, 0.29) is 0 Å². The average molecular weight is 269 g/mol. The third kappa shape index (κ3) is 3.67. The molecule has 0 N–H and O–H groups in total. The van der Waals surface area contributed by atoms with E-state index in [0.717, 1.165) is 16.9 Å². The van der Waals surface area contributed by atoms with Gasteiger partial charge in [0.1, 0.15) is 0 Å². The first-order valence-corrected chi connectivity index (χ1v) is 7.83. The van der Waals surface area contributed by atoms with Gasteiger partial charge in [0.05, 0.1) is 17.6 Å². The predicted octanol–water partition coefficient (Wildman–Crippen LogP) is 2.69. The van der Waals surface area contributed by atoms with Crippen molar-refractivity contribution in [2.24, 2.45) is 0 Å². The van der Waals surface area contributed by atoms with Gasteiger partial charge in [0.15, 0.2) is 0 Å². The van der Waals surface area contributed by atoms with Crippen LogP contribution in [0, 0.1) is 6.92 Å². The lowest BCUT2D eigenvalue weighted by Crippen LogP contribution is -2.12. The van der Waals surface area contributed by atoms with Crippen LogP contribution in [0.2, 0.25) is 0 Å². The Balaban J connectivity index is 1.82. The molecule has 2 nitrogen and oxygen atoms in total. The largest absolute Gasteiger partial charge is 0.374 e. The highest BCUT2D eigenvalue weighted by Gasteiger charge is 2.21. The lowest BCUT2D eigenvalue weighted by Gasteiger charge is -2.12. The van der Waals surface area contributed by atoms with Crippen LogP contribution in [-0.2, 0) is 10.5 Å². The minimum atomic E-state index is 0.456. The highest BCUT2D eigenvalue weighted by atomic mass is 32.2. The van der Waals surface area contributed by atoms with E-state index in [1.54, 1.807) is 0 Å². The summed E-state index contributed by atoms with van der Waals surface area (Å²) in [4.78, 5) is 4.32. The van der Waals surface area contributed by atoms with E-state index >= 15 is 0 Å². The number of ether oxygens (including phenoxy) is 1. The Bertz CT molecular complexity index is 365. The molecule has 0 radical (unpaired) electrons. The first-order chi connectivity index (χ1) is 8.16. The van der Waals surface area contributed by atoms with Crippen molar-refractivity contribution in [2.45, 2.75) is 44.6 Å². The molecule has 1 aliphatic rings. The Morgan fingerprint density at radius 2 is 2.35 bits per heavy atom. The second-order valence-corrected chi connectivity index (χ2v) is 6.23. The standard InChI is InChI=1S/C13H20NOPS/c1-9-5-6-14-13(16)12(9)8-17-7-11-4-3-10(2)15-11/h5-6,10-11H,3-4,7-8,16H2,1-2H3. The van der Waals surface area contributed by atoms with Gasteiger partial charge in [-0.05, 0) is 43.9 Å². The molecule has 1 aromatic rings. The van der Waals surface area contributed by atoms with Crippen LogP contribution >= 0.6 is 21.0 Å². The SMILES string of the molecule is Cc1ccnc(P)c1CSCC1CCC(C)O1. The highest BCUT2D eigenvalue weighted by Crippen LogP contribution is 2.24. The van der Waals surface area contributed by atoms with E-state index in [9.17, 15) is 0 Å². The van der Waals surface area contributed by atoms with Crippen LogP contribution in [0.25, 0.3) is 0 Å². The van der Waals surface area contributed by atoms with E-state index in [1.165, 1.54) is 24.0 Å². The van der Waals surface area contributed by atoms with Crippen LogP contribution in [0.15, 0.2) is 12.3 Å². The second-order valence-electron chi connectivity index (χ2n) is 4.65. The second kappa shape index (κ2) is 6.17. The van der Waals surface area contributed by atoms with Gasteiger partial charge in [0.25, 0.3) is 0 Å². The van der Waals surface area contributed by atoms with Crippen LogP contribution in [0.4, 0.5) is 0 Å². The average Bonchev–Trinajstić information content (AvgIpc) is 2.69. The molecule has 94 valence electrons. The van der Waals surface area contributed by atoms with Crippen molar-refractivity contribution in [3.63, 3.8) is 0 Å². The zero-order chi connectivity index (χ0) is 12.3.